The van der Waals surface area contributed by atoms with Crippen LogP contribution in [-0.4, -0.2) is 46.0 Å². The molecule has 2 saturated heterocycles. The molecule has 9 heteroatoms. The van der Waals surface area contributed by atoms with Crippen LogP contribution in [0.1, 0.15) is 38.2 Å². The molecule has 0 bridgehead atoms. The Bertz CT molecular complexity index is 790. The SMILES string of the molecule is CC1CCN(CC2CCCN(c3ccc(S(N)(=O)=O)c(C(F)(F)F)c3)C2)CC1. The van der Waals surface area contributed by atoms with E-state index in [4.69, 9.17) is 5.14 Å². The Morgan fingerprint density at radius 3 is 2.43 bits per heavy atom. The molecule has 1 atom stereocenters. The molecule has 0 spiro atoms. The van der Waals surface area contributed by atoms with Crippen LogP contribution in [0.4, 0.5) is 18.9 Å². The van der Waals surface area contributed by atoms with E-state index in [0.717, 1.165) is 50.5 Å². The molecule has 2 N–H and O–H groups in total. The smallest absolute Gasteiger partial charge is 0.371 e. The monoisotopic (exact) mass is 419 g/mol. The fourth-order valence-electron chi connectivity index (χ4n) is 4.24. The molecule has 0 amide bonds. The Hall–Kier alpha value is -1.32. The van der Waals surface area contributed by atoms with E-state index in [1.165, 1.54) is 18.9 Å². The highest BCUT2D eigenvalue weighted by Gasteiger charge is 2.37. The predicted molar refractivity (Wildman–Crippen MR) is 103 cm³/mol. The molecule has 0 saturated carbocycles. The molecule has 2 heterocycles. The van der Waals surface area contributed by atoms with Crippen molar-refractivity contribution in [2.75, 3.05) is 37.6 Å². The minimum absolute atomic E-state index is 0.398. The Morgan fingerprint density at radius 1 is 1.14 bits per heavy atom. The number of alkyl halides is 3. The summed E-state index contributed by atoms with van der Waals surface area (Å²) in [5, 5.41) is 4.97. The number of piperidine rings is 2. The van der Waals surface area contributed by atoms with Crippen molar-refractivity contribution >= 4 is 15.7 Å². The van der Waals surface area contributed by atoms with Gasteiger partial charge in [0.15, 0.2) is 0 Å². The molecule has 2 aliphatic rings. The quantitative estimate of drug-likeness (QED) is 0.813. The number of likely N-dealkylation sites (tertiary alicyclic amines) is 1. The number of primary sulfonamides is 1. The van der Waals surface area contributed by atoms with Gasteiger partial charge in [-0.25, -0.2) is 13.6 Å². The third-order valence-electron chi connectivity index (χ3n) is 5.85. The van der Waals surface area contributed by atoms with Crippen LogP contribution in [0.25, 0.3) is 0 Å². The standard InChI is InChI=1S/C19H28F3N3O2S/c1-14-6-9-24(10-7-14)12-15-3-2-8-25(13-15)16-4-5-18(28(23,26)27)17(11-16)19(20,21)22/h4-5,11,14-15H,2-3,6-10,12-13H2,1H3,(H2,23,26,27). The van der Waals surface area contributed by atoms with Crippen LogP contribution in [0.5, 0.6) is 0 Å². The first-order valence-electron chi connectivity index (χ1n) is 9.75. The number of sulfonamides is 1. The maximum Gasteiger partial charge on any atom is 0.417 e. The van der Waals surface area contributed by atoms with E-state index in [1.807, 2.05) is 4.90 Å². The zero-order valence-electron chi connectivity index (χ0n) is 16.1. The van der Waals surface area contributed by atoms with Gasteiger partial charge in [-0.15, -0.1) is 0 Å². The topological polar surface area (TPSA) is 66.6 Å². The number of halogens is 3. The summed E-state index contributed by atoms with van der Waals surface area (Å²) in [5.41, 5.74) is -0.795. The summed E-state index contributed by atoms with van der Waals surface area (Å²) in [6.07, 6.45) is -0.421. The lowest BCUT2D eigenvalue weighted by Gasteiger charge is -2.39. The van der Waals surface area contributed by atoms with E-state index in [9.17, 15) is 21.6 Å². The molecule has 1 aromatic rings. The van der Waals surface area contributed by atoms with E-state index in [2.05, 4.69) is 11.8 Å². The molecule has 28 heavy (non-hydrogen) atoms. The van der Waals surface area contributed by atoms with E-state index in [-0.39, 0.29) is 0 Å². The fourth-order valence-corrected chi connectivity index (χ4v) is 4.98. The lowest BCUT2D eigenvalue weighted by molar-refractivity contribution is -0.139. The van der Waals surface area contributed by atoms with E-state index in [1.54, 1.807) is 0 Å². The Kier molecular flexibility index (Phi) is 6.26. The summed E-state index contributed by atoms with van der Waals surface area (Å²) in [6, 6.07) is 3.33. The Morgan fingerprint density at radius 2 is 1.82 bits per heavy atom. The largest absolute Gasteiger partial charge is 0.417 e. The molecule has 1 aromatic carbocycles. The minimum Gasteiger partial charge on any atom is -0.371 e. The average molecular weight is 420 g/mol. The summed E-state index contributed by atoms with van der Waals surface area (Å²) in [4.78, 5) is 3.52. The number of nitrogens with two attached hydrogens (primary N) is 1. The van der Waals surface area contributed by atoms with Gasteiger partial charge in [-0.05, 0) is 68.8 Å². The van der Waals surface area contributed by atoms with Crippen LogP contribution in [0.3, 0.4) is 0 Å². The predicted octanol–water partition coefficient (Wildman–Crippen LogP) is 3.30. The summed E-state index contributed by atoms with van der Waals surface area (Å²) in [7, 11) is -4.44. The first kappa shape index (κ1) is 21.4. The number of hydrogen-bond donors (Lipinski definition) is 1. The molecule has 5 nitrogen and oxygen atoms in total. The van der Waals surface area contributed by atoms with Gasteiger partial charge in [-0.1, -0.05) is 6.92 Å². The molecule has 2 fully saturated rings. The van der Waals surface area contributed by atoms with Crippen molar-refractivity contribution in [1.29, 1.82) is 0 Å². The maximum absolute atomic E-state index is 13.4. The third-order valence-corrected chi connectivity index (χ3v) is 6.82. The van der Waals surface area contributed by atoms with Crippen molar-refractivity contribution < 1.29 is 21.6 Å². The first-order valence-corrected chi connectivity index (χ1v) is 11.3. The highest BCUT2D eigenvalue weighted by Crippen LogP contribution is 2.37. The van der Waals surface area contributed by atoms with Crippen molar-refractivity contribution in [1.82, 2.24) is 4.90 Å². The fraction of sp³-hybridized carbons (Fsp3) is 0.684. The van der Waals surface area contributed by atoms with Crippen LogP contribution in [-0.2, 0) is 16.2 Å². The van der Waals surface area contributed by atoms with Gasteiger partial charge in [0, 0.05) is 25.3 Å². The molecule has 0 aliphatic carbocycles. The number of nitrogens with zero attached hydrogens (tertiary/aromatic N) is 2. The Balaban J connectivity index is 1.75. The summed E-state index contributed by atoms with van der Waals surface area (Å²) < 4.78 is 63.3. The van der Waals surface area contributed by atoms with Crippen molar-refractivity contribution in [3.05, 3.63) is 23.8 Å². The van der Waals surface area contributed by atoms with Crippen molar-refractivity contribution in [3.8, 4) is 0 Å². The van der Waals surface area contributed by atoms with Crippen LogP contribution in [0, 0.1) is 11.8 Å². The van der Waals surface area contributed by atoms with Gasteiger partial charge in [0.2, 0.25) is 10.0 Å². The Labute approximate surface area is 164 Å². The van der Waals surface area contributed by atoms with Gasteiger partial charge in [-0.2, -0.15) is 13.2 Å². The molecule has 2 aliphatic heterocycles. The molecule has 0 radical (unpaired) electrons. The molecular formula is C19H28F3N3O2S. The van der Waals surface area contributed by atoms with Gasteiger partial charge in [0.25, 0.3) is 0 Å². The molecule has 0 aromatic heterocycles. The maximum atomic E-state index is 13.4. The lowest BCUT2D eigenvalue weighted by Crippen LogP contribution is -2.43. The van der Waals surface area contributed by atoms with Crippen LogP contribution in [0.2, 0.25) is 0 Å². The second-order valence-corrected chi connectivity index (χ2v) is 9.69. The van der Waals surface area contributed by atoms with Crippen LogP contribution >= 0.6 is 0 Å². The van der Waals surface area contributed by atoms with Gasteiger partial charge in [-0.3, -0.25) is 0 Å². The van der Waals surface area contributed by atoms with Gasteiger partial charge >= 0.3 is 6.18 Å². The van der Waals surface area contributed by atoms with Crippen molar-refractivity contribution in [2.45, 2.75) is 43.7 Å². The average Bonchev–Trinajstić information content (AvgIpc) is 2.62. The summed E-state index contributed by atoms with van der Waals surface area (Å²) in [5.74, 6) is 1.16. The third kappa shape index (κ3) is 5.18. The molecule has 1 unspecified atom stereocenters. The molecule has 3 rings (SSSR count). The number of anilines is 1. The summed E-state index contributed by atoms with van der Waals surface area (Å²) in [6.45, 7) is 6.74. The van der Waals surface area contributed by atoms with Gasteiger partial charge in [0.1, 0.15) is 0 Å². The van der Waals surface area contributed by atoms with E-state index >= 15 is 0 Å². The number of rotatable bonds is 4. The molecule has 158 valence electrons. The van der Waals surface area contributed by atoms with Gasteiger partial charge < -0.3 is 9.80 Å². The second-order valence-electron chi connectivity index (χ2n) is 8.16. The minimum atomic E-state index is -4.78. The normalized spacial score (nSPS) is 23.2. The number of hydrogen-bond acceptors (Lipinski definition) is 4. The van der Waals surface area contributed by atoms with Crippen molar-refractivity contribution in [2.24, 2.45) is 17.0 Å². The van der Waals surface area contributed by atoms with Gasteiger partial charge in [0.05, 0.1) is 10.5 Å². The van der Waals surface area contributed by atoms with Crippen LogP contribution < -0.4 is 10.0 Å². The second kappa shape index (κ2) is 8.20. The highest BCUT2D eigenvalue weighted by molar-refractivity contribution is 7.89. The molecular weight excluding hydrogens is 391 g/mol. The lowest BCUT2D eigenvalue weighted by atomic mass is 9.94. The number of benzene rings is 1. The van der Waals surface area contributed by atoms with Crippen molar-refractivity contribution in [3.63, 3.8) is 0 Å². The highest BCUT2D eigenvalue weighted by atomic mass is 32.2. The van der Waals surface area contributed by atoms with E-state index < -0.39 is 26.7 Å². The zero-order chi connectivity index (χ0) is 20.5. The zero-order valence-corrected chi connectivity index (χ0v) is 16.9. The summed E-state index contributed by atoms with van der Waals surface area (Å²) >= 11 is 0. The first-order chi connectivity index (χ1) is 13.0. The van der Waals surface area contributed by atoms with Crippen LogP contribution in [0.15, 0.2) is 23.1 Å². The van der Waals surface area contributed by atoms with E-state index in [0.29, 0.717) is 24.7 Å².